The van der Waals surface area contributed by atoms with Gasteiger partial charge in [0, 0.05) is 75.3 Å². The number of carbonyl (C=O) groups is 5. The number of nitrogens with zero attached hydrogens (tertiary/aromatic N) is 5. The molecule has 2 aliphatic rings. The highest BCUT2D eigenvalue weighted by Crippen LogP contribution is 2.42. The standard InChI is InChI=1S/C50H68N8O8/c1-12-58-41-16-15-33-24-38(41)39(45(58)37-14-13-18-52-43(37)31(5)65-11)25-50(6,7)28-66-49(64)30(4)54-56(10)48(63)40(22-32-20-35(33)23-36(59)21-32)53-46(61)44(29(2)3)55(9)47(62)34-17-19-57(27-34)42(60)26-51-8/h13-16,18,20-21,23-24,29-31,34,40,44,51,54,59H,12,17,19,22,25-28H2,1-11H3,(H,53,61)/t30-,31-,34-,40-,44?/m0/s1. The van der Waals surface area contributed by atoms with E-state index in [1.165, 1.54) is 17.0 Å². The van der Waals surface area contributed by atoms with Gasteiger partial charge in [0.1, 0.15) is 23.9 Å². The summed E-state index contributed by atoms with van der Waals surface area (Å²) in [6.45, 7) is 15.0. The maximum Gasteiger partial charge on any atom is 0.324 e. The molecule has 6 rings (SSSR count). The van der Waals surface area contributed by atoms with E-state index in [-0.39, 0.29) is 55.7 Å². The van der Waals surface area contributed by atoms with Crippen LogP contribution in [-0.4, -0.2) is 132 Å². The first-order chi connectivity index (χ1) is 31.3. The molecule has 4 bridgehead atoms. The number of hydrogen-bond acceptors (Lipinski definition) is 11. The number of amides is 4. The minimum Gasteiger partial charge on any atom is -0.508 e. The molecular weight excluding hydrogens is 841 g/mol. The number of cyclic esters (lactones) is 1. The van der Waals surface area contributed by atoms with Crippen LogP contribution in [-0.2, 0) is 52.8 Å². The van der Waals surface area contributed by atoms with E-state index < -0.39 is 47.2 Å². The van der Waals surface area contributed by atoms with Gasteiger partial charge in [-0.25, -0.2) is 5.43 Å². The Bertz CT molecular complexity index is 2450. The molecule has 0 saturated carbocycles. The van der Waals surface area contributed by atoms with E-state index in [9.17, 15) is 29.1 Å². The van der Waals surface area contributed by atoms with Crippen molar-refractivity contribution in [3.8, 4) is 28.1 Å². The normalized spacial score (nSPS) is 20.2. The summed E-state index contributed by atoms with van der Waals surface area (Å²) in [5.74, 6) is -2.89. The van der Waals surface area contributed by atoms with Gasteiger partial charge in [0.15, 0.2) is 0 Å². The molecule has 4 amide bonds. The molecule has 356 valence electrons. The number of fused-ring (bicyclic) bond motifs is 4. The van der Waals surface area contributed by atoms with Crippen LogP contribution >= 0.6 is 0 Å². The van der Waals surface area contributed by atoms with Gasteiger partial charge in [0.25, 0.3) is 5.91 Å². The quantitative estimate of drug-likeness (QED) is 0.151. The molecule has 2 aromatic carbocycles. The Morgan fingerprint density at radius 1 is 1.09 bits per heavy atom. The third kappa shape index (κ3) is 10.7. The number of methoxy groups -OCH3 is 1. The zero-order valence-corrected chi connectivity index (χ0v) is 40.4. The number of pyridine rings is 1. The minimum absolute atomic E-state index is 0.0247. The summed E-state index contributed by atoms with van der Waals surface area (Å²) < 4.78 is 14.1. The summed E-state index contributed by atoms with van der Waals surface area (Å²) in [6, 6.07) is 12.2. The first-order valence-electron chi connectivity index (χ1n) is 22.9. The van der Waals surface area contributed by atoms with Gasteiger partial charge in [0.05, 0.1) is 36.6 Å². The fraction of sp³-hybridized carbons (Fsp3) is 0.520. The summed E-state index contributed by atoms with van der Waals surface area (Å²) in [6.07, 6.45) is 2.44. The highest BCUT2D eigenvalue weighted by molar-refractivity contribution is 5.96. The molecule has 1 saturated heterocycles. The molecule has 0 radical (unpaired) electrons. The Labute approximate surface area is 388 Å². The third-order valence-corrected chi connectivity index (χ3v) is 12.9. The van der Waals surface area contributed by atoms with E-state index in [1.807, 2.05) is 39.0 Å². The monoisotopic (exact) mass is 909 g/mol. The predicted octanol–water partition coefficient (Wildman–Crippen LogP) is 4.86. The molecule has 4 N–H and O–H groups in total. The summed E-state index contributed by atoms with van der Waals surface area (Å²) in [4.78, 5) is 77.0. The first-order valence-corrected chi connectivity index (χ1v) is 22.9. The summed E-state index contributed by atoms with van der Waals surface area (Å²) in [7, 11) is 6.41. The number of phenolic OH excluding ortho intramolecular Hbond substituents is 1. The van der Waals surface area contributed by atoms with Crippen molar-refractivity contribution in [2.75, 3.05) is 54.5 Å². The Morgan fingerprint density at radius 2 is 1.83 bits per heavy atom. The van der Waals surface area contributed by atoms with Crippen molar-refractivity contribution < 1.29 is 38.6 Å². The average molecular weight is 909 g/mol. The topological polar surface area (TPSA) is 188 Å². The van der Waals surface area contributed by atoms with Crippen LogP contribution in [0.25, 0.3) is 33.3 Å². The van der Waals surface area contributed by atoms with Crippen molar-refractivity contribution in [3.63, 3.8) is 0 Å². The highest BCUT2D eigenvalue weighted by atomic mass is 16.5. The zero-order chi connectivity index (χ0) is 48.2. The van der Waals surface area contributed by atoms with Gasteiger partial charge in [-0.15, -0.1) is 0 Å². The lowest BCUT2D eigenvalue weighted by Gasteiger charge is -2.34. The maximum atomic E-state index is 14.5. The number of aromatic hydroxyl groups is 1. The fourth-order valence-electron chi connectivity index (χ4n) is 9.49. The lowest BCUT2D eigenvalue weighted by Crippen LogP contribution is -2.59. The number of esters is 1. The second-order valence-electron chi connectivity index (χ2n) is 19.0. The Hall–Kier alpha value is -5.84. The fourth-order valence-corrected chi connectivity index (χ4v) is 9.49. The van der Waals surface area contributed by atoms with Crippen LogP contribution in [0.3, 0.4) is 0 Å². The molecule has 2 aromatic heterocycles. The van der Waals surface area contributed by atoms with Crippen molar-refractivity contribution in [2.24, 2.45) is 17.3 Å². The number of hydrogen-bond donors (Lipinski definition) is 4. The summed E-state index contributed by atoms with van der Waals surface area (Å²) in [5, 5.41) is 19.3. The Morgan fingerprint density at radius 3 is 2.52 bits per heavy atom. The second kappa shape index (κ2) is 20.8. The van der Waals surface area contributed by atoms with Crippen molar-refractivity contribution in [1.29, 1.82) is 0 Å². The molecule has 66 heavy (non-hydrogen) atoms. The van der Waals surface area contributed by atoms with E-state index in [0.717, 1.165) is 39.0 Å². The summed E-state index contributed by atoms with van der Waals surface area (Å²) in [5.41, 5.74) is 9.25. The molecule has 4 aromatic rings. The number of aromatic nitrogens is 2. The van der Waals surface area contributed by atoms with E-state index in [4.69, 9.17) is 14.5 Å². The van der Waals surface area contributed by atoms with Gasteiger partial charge in [-0.05, 0) is 105 Å². The number of phenols is 1. The van der Waals surface area contributed by atoms with Crippen molar-refractivity contribution in [3.05, 3.63) is 71.5 Å². The molecule has 1 fully saturated rings. The van der Waals surface area contributed by atoms with Gasteiger partial charge in [0.2, 0.25) is 17.7 Å². The molecule has 16 nitrogen and oxygen atoms in total. The molecule has 16 heteroatoms. The Balaban J connectivity index is 1.42. The largest absolute Gasteiger partial charge is 0.508 e. The van der Waals surface area contributed by atoms with E-state index in [2.05, 4.69) is 59.6 Å². The first kappa shape index (κ1) is 49.6. The van der Waals surface area contributed by atoms with Crippen molar-refractivity contribution >= 4 is 40.5 Å². The third-order valence-electron chi connectivity index (χ3n) is 12.9. The van der Waals surface area contributed by atoms with Crippen molar-refractivity contribution in [2.45, 2.75) is 98.5 Å². The lowest BCUT2D eigenvalue weighted by atomic mass is 9.84. The van der Waals surface area contributed by atoms with Gasteiger partial charge < -0.3 is 39.6 Å². The van der Waals surface area contributed by atoms with Gasteiger partial charge in [-0.2, -0.15) is 0 Å². The second-order valence-corrected chi connectivity index (χ2v) is 19.0. The van der Waals surface area contributed by atoms with Crippen LogP contribution in [0, 0.1) is 17.3 Å². The van der Waals surface area contributed by atoms with E-state index in [1.54, 1.807) is 51.4 Å². The molecule has 0 spiro atoms. The van der Waals surface area contributed by atoms with Crippen LogP contribution < -0.4 is 16.1 Å². The predicted molar refractivity (Wildman–Crippen MR) is 253 cm³/mol. The number of likely N-dealkylation sites (tertiary alicyclic amines) is 1. The van der Waals surface area contributed by atoms with E-state index in [0.29, 0.717) is 37.1 Å². The molecule has 5 atom stereocenters. The SMILES string of the molecule is CCn1c(-c2cccnc2[C@H](C)OC)c2c3cc(ccc31)-c1cc(O)cc(c1)C[C@H](NC(=O)C(C(C)C)N(C)C(=O)[C@H]1CCN(C(=O)CNC)C1)C(=O)N(C)N[C@@H](C)C(=O)OCC(C)(C)C2. The smallest absolute Gasteiger partial charge is 0.324 e. The van der Waals surface area contributed by atoms with E-state index >= 15 is 0 Å². The number of rotatable bonds is 11. The highest BCUT2D eigenvalue weighted by Gasteiger charge is 2.39. The zero-order valence-electron chi connectivity index (χ0n) is 40.4. The maximum absolute atomic E-state index is 14.5. The van der Waals surface area contributed by atoms with Gasteiger partial charge in [-0.1, -0.05) is 39.8 Å². The van der Waals surface area contributed by atoms with Crippen LogP contribution in [0.4, 0.5) is 0 Å². The van der Waals surface area contributed by atoms with Gasteiger partial charge >= 0.3 is 5.97 Å². The number of carbonyl (C=O) groups excluding carboxylic acids is 5. The molecule has 1 unspecified atom stereocenters. The molecule has 4 heterocycles. The molecule has 0 aliphatic carbocycles. The van der Waals surface area contributed by atoms with Crippen LogP contribution in [0.5, 0.6) is 5.75 Å². The van der Waals surface area contributed by atoms with Crippen molar-refractivity contribution in [1.82, 2.24) is 40.4 Å². The van der Waals surface area contributed by atoms with Gasteiger partial charge in [-0.3, -0.25) is 34.0 Å². The van der Waals surface area contributed by atoms with Crippen LogP contribution in [0.15, 0.2) is 54.7 Å². The average Bonchev–Trinajstić information content (AvgIpc) is 3.89. The minimum atomic E-state index is -1.20. The number of nitrogens with one attached hydrogen (secondary N) is 3. The number of aryl methyl sites for hydroxylation is 1. The summed E-state index contributed by atoms with van der Waals surface area (Å²) >= 11 is 0. The molecule has 2 aliphatic heterocycles. The lowest BCUT2D eigenvalue weighted by molar-refractivity contribution is -0.152. The Kier molecular flexibility index (Phi) is 15.6. The molecular formula is C50H68N8O8. The number of hydrazine groups is 1. The number of benzene rings is 2. The number of ether oxygens (including phenoxy) is 2. The van der Waals surface area contributed by atoms with Crippen LogP contribution in [0.2, 0.25) is 0 Å². The van der Waals surface area contributed by atoms with Crippen LogP contribution in [0.1, 0.15) is 77.8 Å². The number of likely N-dealkylation sites (N-methyl/N-ethyl adjacent to an activating group) is 3.